The predicted octanol–water partition coefficient (Wildman–Crippen LogP) is 4.02. The number of fused-ring (bicyclic) bond motifs is 3. The number of carboxylic acids is 1. The quantitative estimate of drug-likeness (QED) is 0.633. The smallest absolute Gasteiger partial charge is 0.407 e. The standard InChI is InChI=1S/C26H30N2O5/c1-3-8-17(13-23(29)28-15-26(2,16-28)24(30)31)27-25(32)33-14-22-20-11-6-4-9-18(20)19-10-5-7-12-21(19)22/h4-7,9-12,17,22H,3,8,13-16H2,1-2H3,(H,27,32)(H,30,31). The number of likely N-dealkylation sites (tertiary alicyclic amines) is 1. The SMILES string of the molecule is CCCC(CC(=O)N1CC(C)(C(=O)O)C1)NC(=O)OCC1c2ccccc2-c2ccccc21. The van der Waals surface area contributed by atoms with E-state index in [9.17, 15) is 19.5 Å². The van der Waals surface area contributed by atoms with Gasteiger partial charge in [0.25, 0.3) is 0 Å². The third-order valence-electron chi connectivity index (χ3n) is 6.67. The maximum Gasteiger partial charge on any atom is 0.407 e. The van der Waals surface area contributed by atoms with Crippen LogP contribution in [0.25, 0.3) is 11.1 Å². The van der Waals surface area contributed by atoms with E-state index in [-0.39, 0.29) is 44.0 Å². The highest BCUT2D eigenvalue weighted by molar-refractivity contribution is 5.84. The summed E-state index contributed by atoms with van der Waals surface area (Å²) in [5.74, 6) is -1.07. The molecule has 2 aromatic carbocycles. The number of aliphatic carboxylic acids is 1. The maximum absolute atomic E-state index is 12.6. The fraction of sp³-hybridized carbons (Fsp3) is 0.423. The maximum atomic E-state index is 12.6. The van der Waals surface area contributed by atoms with Crippen molar-refractivity contribution in [1.29, 1.82) is 0 Å². The van der Waals surface area contributed by atoms with E-state index in [4.69, 9.17) is 4.74 Å². The first-order valence-corrected chi connectivity index (χ1v) is 11.4. The van der Waals surface area contributed by atoms with Gasteiger partial charge in [0.1, 0.15) is 6.61 Å². The highest BCUT2D eigenvalue weighted by Crippen LogP contribution is 2.44. The predicted molar refractivity (Wildman–Crippen MR) is 124 cm³/mol. The molecule has 1 heterocycles. The Hall–Kier alpha value is -3.35. The molecule has 2 amide bonds. The molecule has 7 nitrogen and oxygen atoms in total. The number of amides is 2. The highest BCUT2D eigenvalue weighted by Gasteiger charge is 2.47. The zero-order valence-corrected chi connectivity index (χ0v) is 19.0. The van der Waals surface area contributed by atoms with Gasteiger partial charge in [0, 0.05) is 31.5 Å². The van der Waals surface area contributed by atoms with Gasteiger partial charge in [0.2, 0.25) is 5.91 Å². The van der Waals surface area contributed by atoms with Crippen molar-refractivity contribution in [1.82, 2.24) is 10.2 Å². The average Bonchev–Trinajstić information content (AvgIpc) is 3.09. The minimum absolute atomic E-state index is 0.0239. The zero-order chi connectivity index (χ0) is 23.6. The fourth-order valence-corrected chi connectivity index (χ4v) is 4.83. The third-order valence-corrected chi connectivity index (χ3v) is 6.67. The van der Waals surface area contributed by atoms with Gasteiger partial charge < -0.3 is 20.1 Å². The molecule has 1 atom stereocenters. The lowest BCUT2D eigenvalue weighted by Gasteiger charge is -2.45. The van der Waals surface area contributed by atoms with Crippen molar-refractivity contribution in [3.05, 3.63) is 59.7 Å². The van der Waals surface area contributed by atoms with Gasteiger partial charge in [-0.3, -0.25) is 9.59 Å². The first kappa shape index (κ1) is 22.8. The molecule has 1 unspecified atom stereocenters. The van der Waals surface area contributed by atoms with Gasteiger partial charge in [-0.2, -0.15) is 0 Å². The minimum Gasteiger partial charge on any atom is -0.481 e. The summed E-state index contributed by atoms with van der Waals surface area (Å²) < 4.78 is 5.61. The molecule has 2 N–H and O–H groups in total. The van der Waals surface area contributed by atoms with Crippen molar-refractivity contribution in [3.63, 3.8) is 0 Å². The van der Waals surface area contributed by atoms with Crippen LogP contribution in [-0.4, -0.2) is 53.7 Å². The normalized spacial score (nSPS) is 16.8. The van der Waals surface area contributed by atoms with Crippen LogP contribution in [0.2, 0.25) is 0 Å². The molecular weight excluding hydrogens is 420 g/mol. The van der Waals surface area contributed by atoms with E-state index in [0.717, 1.165) is 17.5 Å². The number of hydrogen-bond donors (Lipinski definition) is 2. The molecule has 4 rings (SSSR count). The van der Waals surface area contributed by atoms with Crippen LogP contribution in [0.3, 0.4) is 0 Å². The lowest BCUT2D eigenvalue weighted by molar-refractivity contribution is -0.164. The molecule has 1 saturated heterocycles. The number of nitrogens with one attached hydrogen (secondary N) is 1. The van der Waals surface area contributed by atoms with Crippen LogP contribution in [0.5, 0.6) is 0 Å². The molecule has 1 fully saturated rings. The van der Waals surface area contributed by atoms with Crippen molar-refractivity contribution in [2.75, 3.05) is 19.7 Å². The van der Waals surface area contributed by atoms with Crippen LogP contribution >= 0.6 is 0 Å². The fourth-order valence-electron chi connectivity index (χ4n) is 4.83. The van der Waals surface area contributed by atoms with Gasteiger partial charge in [-0.15, -0.1) is 0 Å². The highest BCUT2D eigenvalue weighted by atomic mass is 16.5. The Morgan fingerprint density at radius 3 is 2.21 bits per heavy atom. The van der Waals surface area contributed by atoms with Crippen molar-refractivity contribution >= 4 is 18.0 Å². The van der Waals surface area contributed by atoms with Gasteiger partial charge in [-0.25, -0.2) is 4.79 Å². The third kappa shape index (κ3) is 4.58. The van der Waals surface area contributed by atoms with Crippen molar-refractivity contribution in [3.8, 4) is 11.1 Å². The molecule has 7 heteroatoms. The summed E-state index contributed by atoms with van der Waals surface area (Å²) in [6, 6.07) is 16.0. The molecule has 0 radical (unpaired) electrons. The molecule has 33 heavy (non-hydrogen) atoms. The van der Waals surface area contributed by atoms with Crippen LogP contribution in [0.4, 0.5) is 4.79 Å². The molecule has 2 aromatic rings. The van der Waals surface area contributed by atoms with Gasteiger partial charge >= 0.3 is 12.1 Å². The number of hydrogen-bond acceptors (Lipinski definition) is 4. The number of nitrogens with zero attached hydrogens (tertiary/aromatic N) is 1. The van der Waals surface area contributed by atoms with Gasteiger partial charge in [0.15, 0.2) is 0 Å². The van der Waals surface area contributed by atoms with Crippen LogP contribution in [0.15, 0.2) is 48.5 Å². The molecular formula is C26H30N2O5. The second-order valence-corrected chi connectivity index (χ2v) is 9.28. The molecule has 2 aliphatic rings. The van der Waals surface area contributed by atoms with E-state index in [0.29, 0.717) is 6.42 Å². The number of carboxylic acid groups (broad SMARTS) is 1. The summed E-state index contributed by atoms with van der Waals surface area (Å²) in [5, 5.41) is 12.1. The monoisotopic (exact) mass is 450 g/mol. The summed E-state index contributed by atoms with van der Waals surface area (Å²) in [4.78, 5) is 38.0. The number of rotatable bonds is 8. The van der Waals surface area contributed by atoms with Crippen LogP contribution in [-0.2, 0) is 14.3 Å². The minimum atomic E-state index is -0.895. The summed E-state index contributed by atoms with van der Waals surface area (Å²) in [6.07, 6.45) is 1.03. The van der Waals surface area contributed by atoms with Crippen molar-refractivity contribution < 1.29 is 24.2 Å². The zero-order valence-electron chi connectivity index (χ0n) is 19.0. The van der Waals surface area contributed by atoms with Crippen LogP contribution < -0.4 is 5.32 Å². The Labute approximate surface area is 193 Å². The van der Waals surface area contributed by atoms with Crippen LogP contribution in [0, 0.1) is 5.41 Å². The van der Waals surface area contributed by atoms with E-state index in [1.807, 2.05) is 31.2 Å². The lowest BCUT2D eigenvalue weighted by atomic mass is 9.81. The van der Waals surface area contributed by atoms with Crippen LogP contribution in [0.1, 0.15) is 50.2 Å². The van der Waals surface area contributed by atoms with Gasteiger partial charge in [0.05, 0.1) is 5.41 Å². The molecule has 0 spiro atoms. The Morgan fingerprint density at radius 1 is 1.09 bits per heavy atom. The molecule has 0 saturated carbocycles. The van der Waals surface area contributed by atoms with E-state index >= 15 is 0 Å². The van der Waals surface area contributed by atoms with E-state index in [1.54, 1.807) is 6.92 Å². The van der Waals surface area contributed by atoms with Gasteiger partial charge in [-0.05, 0) is 35.6 Å². The second-order valence-electron chi connectivity index (χ2n) is 9.28. The van der Waals surface area contributed by atoms with E-state index in [2.05, 4.69) is 29.6 Å². The summed E-state index contributed by atoms with van der Waals surface area (Å²) in [5.41, 5.74) is 3.74. The van der Waals surface area contributed by atoms with Gasteiger partial charge in [-0.1, -0.05) is 61.9 Å². The second kappa shape index (κ2) is 9.25. The Morgan fingerprint density at radius 2 is 1.67 bits per heavy atom. The van der Waals surface area contributed by atoms with Crippen molar-refractivity contribution in [2.45, 2.75) is 45.1 Å². The number of ether oxygens (including phenoxy) is 1. The number of benzene rings is 2. The number of carbonyl (C=O) groups excluding carboxylic acids is 2. The first-order valence-electron chi connectivity index (χ1n) is 11.4. The molecule has 1 aliphatic carbocycles. The number of alkyl carbamates (subject to hydrolysis) is 1. The Balaban J connectivity index is 1.34. The molecule has 0 aromatic heterocycles. The lowest BCUT2D eigenvalue weighted by Crippen LogP contribution is -2.61. The molecule has 174 valence electrons. The molecule has 0 bridgehead atoms. The van der Waals surface area contributed by atoms with E-state index in [1.165, 1.54) is 16.0 Å². The largest absolute Gasteiger partial charge is 0.481 e. The average molecular weight is 451 g/mol. The Kier molecular flexibility index (Phi) is 6.40. The Bertz CT molecular complexity index is 1010. The molecule has 1 aliphatic heterocycles. The number of carbonyl (C=O) groups is 3. The summed E-state index contributed by atoms with van der Waals surface area (Å²) in [7, 11) is 0. The first-order chi connectivity index (χ1) is 15.8. The summed E-state index contributed by atoms with van der Waals surface area (Å²) >= 11 is 0. The van der Waals surface area contributed by atoms with Crippen molar-refractivity contribution in [2.24, 2.45) is 5.41 Å². The van der Waals surface area contributed by atoms with E-state index < -0.39 is 17.5 Å². The summed E-state index contributed by atoms with van der Waals surface area (Å²) in [6.45, 7) is 4.24. The topological polar surface area (TPSA) is 95.9 Å².